The van der Waals surface area contributed by atoms with Crippen molar-refractivity contribution >= 4 is 62.8 Å². The first-order chi connectivity index (χ1) is 15.3. The Kier molecular flexibility index (Phi) is 8.27. The summed E-state index contributed by atoms with van der Waals surface area (Å²) in [5, 5.41) is 7.47. The van der Waals surface area contributed by atoms with Crippen molar-refractivity contribution in [1.82, 2.24) is 5.43 Å². The standard InChI is InChI=1S/C23H18BrCl2N3O3/c1-14-9-17(24)6-8-21(14)28-22(30)23(31)29-27-12-15-3-2-4-19(10-15)32-13-16-5-7-18(25)11-20(16)26/h2-12H,13H2,1H3,(H,28,30)(H,29,31). The second kappa shape index (κ2) is 11.1. The molecule has 6 nitrogen and oxygen atoms in total. The summed E-state index contributed by atoms with van der Waals surface area (Å²) in [6, 6.07) is 17.6. The molecule has 9 heteroatoms. The van der Waals surface area contributed by atoms with Crippen LogP contribution in [0.15, 0.2) is 70.2 Å². The maximum absolute atomic E-state index is 12.1. The average Bonchev–Trinajstić information content (AvgIpc) is 2.75. The normalized spacial score (nSPS) is 10.8. The third-order valence-corrected chi connectivity index (χ3v) is 5.37. The van der Waals surface area contributed by atoms with Crippen molar-refractivity contribution in [2.24, 2.45) is 5.10 Å². The van der Waals surface area contributed by atoms with Gasteiger partial charge in [-0.15, -0.1) is 0 Å². The van der Waals surface area contributed by atoms with Gasteiger partial charge in [0, 0.05) is 25.8 Å². The van der Waals surface area contributed by atoms with E-state index < -0.39 is 11.8 Å². The van der Waals surface area contributed by atoms with Crippen molar-refractivity contribution in [1.29, 1.82) is 0 Å². The molecule has 2 N–H and O–H groups in total. The van der Waals surface area contributed by atoms with Crippen molar-refractivity contribution in [3.8, 4) is 5.75 Å². The molecule has 0 unspecified atom stereocenters. The van der Waals surface area contributed by atoms with E-state index in [2.05, 4.69) is 31.8 Å². The molecule has 164 valence electrons. The lowest BCUT2D eigenvalue weighted by atomic mass is 10.2. The van der Waals surface area contributed by atoms with Crippen LogP contribution in [0.25, 0.3) is 0 Å². The highest BCUT2D eigenvalue weighted by molar-refractivity contribution is 9.10. The Morgan fingerprint density at radius 1 is 1.06 bits per heavy atom. The van der Waals surface area contributed by atoms with Gasteiger partial charge in [-0.05, 0) is 60.5 Å². The third kappa shape index (κ3) is 6.82. The maximum atomic E-state index is 12.1. The van der Waals surface area contributed by atoms with Crippen molar-refractivity contribution in [2.45, 2.75) is 13.5 Å². The minimum atomic E-state index is -0.881. The molecule has 0 aliphatic rings. The third-order valence-electron chi connectivity index (χ3n) is 4.29. The molecule has 3 aromatic carbocycles. The predicted octanol–water partition coefficient (Wildman–Crippen LogP) is 5.73. The van der Waals surface area contributed by atoms with Crippen LogP contribution in [0.2, 0.25) is 10.0 Å². The number of carbonyl (C=O) groups excluding carboxylic acids is 2. The van der Waals surface area contributed by atoms with Gasteiger partial charge in [0.1, 0.15) is 12.4 Å². The van der Waals surface area contributed by atoms with Gasteiger partial charge in [0.2, 0.25) is 0 Å². The minimum Gasteiger partial charge on any atom is -0.489 e. The fourth-order valence-corrected chi connectivity index (χ4v) is 3.59. The molecule has 3 rings (SSSR count). The minimum absolute atomic E-state index is 0.267. The van der Waals surface area contributed by atoms with E-state index in [9.17, 15) is 9.59 Å². The summed E-state index contributed by atoms with van der Waals surface area (Å²) >= 11 is 15.4. The Morgan fingerprint density at radius 2 is 1.88 bits per heavy atom. The molecule has 0 heterocycles. The van der Waals surface area contributed by atoms with Crippen LogP contribution in [0.3, 0.4) is 0 Å². The summed E-state index contributed by atoms with van der Waals surface area (Å²) in [6.07, 6.45) is 1.41. The molecule has 0 aliphatic carbocycles. The summed E-state index contributed by atoms with van der Waals surface area (Å²) in [6.45, 7) is 2.09. The van der Waals surface area contributed by atoms with Gasteiger partial charge in [0.15, 0.2) is 0 Å². The first-order valence-corrected chi connectivity index (χ1v) is 10.9. The van der Waals surface area contributed by atoms with Crippen molar-refractivity contribution in [2.75, 3.05) is 5.32 Å². The fourth-order valence-electron chi connectivity index (χ4n) is 2.65. The number of amides is 2. The van der Waals surface area contributed by atoms with E-state index in [-0.39, 0.29) is 6.61 Å². The number of carbonyl (C=O) groups is 2. The van der Waals surface area contributed by atoms with Crippen LogP contribution in [0.5, 0.6) is 5.75 Å². The van der Waals surface area contributed by atoms with E-state index in [4.69, 9.17) is 27.9 Å². The smallest absolute Gasteiger partial charge is 0.329 e. The molecular formula is C23H18BrCl2N3O3. The van der Waals surface area contributed by atoms with Gasteiger partial charge in [-0.2, -0.15) is 5.10 Å². The van der Waals surface area contributed by atoms with Gasteiger partial charge in [-0.25, -0.2) is 5.43 Å². The van der Waals surface area contributed by atoms with Gasteiger partial charge in [-0.3, -0.25) is 9.59 Å². The summed E-state index contributed by atoms with van der Waals surface area (Å²) in [4.78, 5) is 24.1. The van der Waals surface area contributed by atoms with E-state index in [1.54, 1.807) is 54.6 Å². The Labute approximate surface area is 203 Å². The van der Waals surface area contributed by atoms with E-state index in [0.717, 1.165) is 15.6 Å². The average molecular weight is 535 g/mol. The highest BCUT2D eigenvalue weighted by atomic mass is 79.9. The van der Waals surface area contributed by atoms with Gasteiger partial charge in [0.05, 0.1) is 6.21 Å². The number of hydrazone groups is 1. The molecule has 3 aromatic rings. The van der Waals surface area contributed by atoms with Crippen LogP contribution in [0.1, 0.15) is 16.7 Å². The lowest BCUT2D eigenvalue weighted by Gasteiger charge is -2.09. The summed E-state index contributed by atoms with van der Waals surface area (Å²) in [5.41, 5.74) is 5.05. The molecular weight excluding hydrogens is 517 g/mol. The molecule has 0 bridgehead atoms. The second-order valence-electron chi connectivity index (χ2n) is 6.71. The number of benzene rings is 3. The number of ether oxygens (including phenoxy) is 1. The number of hydrogen-bond acceptors (Lipinski definition) is 4. The number of aryl methyl sites for hydroxylation is 1. The maximum Gasteiger partial charge on any atom is 0.329 e. The lowest BCUT2D eigenvalue weighted by molar-refractivity contribution is -0.136. The summed E-state index contributed by atoms with van der Waals surface area (Å²) < 4.78 is 6.64. The molecule has 0 aliphatic heterocycles. The quantitative estimate of drug-likeness (QED) is 0.241. The van der Waals surface area contributed by atoms with Gasteiger partial charge < -0.3 is 10.1 Å². The zero-order valence-corrected chi connectivity index (χ0v) is 20.0. The topological polar surface area (TPSA) is 79.8 Å². The van der Waals surface area contributed by atoms with Crippen LogP contribution >= 0.6 is 39.1 Å². The van der Waals surface area contributed by atoms with Crippen LogP contribution in [-0.2, 0) is 16.2 Å². The van der Waals surface area contributed by atoms with Crippen LogP contribution in [0.4, 0.5) is 5.69 Å². The highest BCUT2D eigenvalue weighted by Gasteiger charge is 2.14. The molecule has 0 atom stereocenters. The molecule has 0 radical (unpaired) electrons. The zero-order valence-electron chi connectivity index (χ0n) is 16.9. The van der Waals surface area contributed by atoms with Crippen LogP contribution in [0, 0.1) is 6.92 Å². The first kappa shape index (κ1) is 23.8. The highest BCUT2D eigenvalue weighted by Crippen LogP contribution is 2.23. The predicted molar refractivity (Wildman–Crippen MR) is 130 cm³/mol. The lowest BCUT2D eigenvalue weighted by Crippen LogP contribution is -2.32. The first-order valence-electron chi connectivity index (χ1n) is 9.39. The molecule has 0 saturated heterocycles. The molecule has 32 heavy (non-hydrogen) atoms. The number of nitrogens with zero attached hydrogens (tertiary/aromatic N) is 1. The Balaban J connectivity index is 1.54. The van der Waals surface area contributed by atoms with Crippen molar-refractivity contribution in [3.05, 3.63) is 91.9 Å². The second-order valence-corrected chi connectivity index (χ2v) is 8.47. The molecule has 2 amide bonds. The monoisotopic (exact) mass is 533 g/mol. The van der Waals surface area contributed by atoms with Crippen LogP contribution < -0.4 is 15.5 Å². The molecule has 0 fully saturated rings. The Hall–Kier alpha value is -2.87. The van der Waals surface area contributed by atoms with Gasteiger partial charge in [0.25, 0.3) is 0 Å². The van der Waals surface area contributed by atoms with Crippen molar-refractivity contribution < 1.29 is 14.3 Å². The van der Waals surface area contributed by atoms with E-state index in [1.165, 1.54) is 6.21 Å². The largest absolute Gasteiger partial charge is 0.489 e. The molecule has 0 spiro atoms. The number of hydrogen-bond donors (Lipinski definition) is 2. The number of nitrogens with one attached hydrogen (secondary N) is 2. The van der Waals surface area contributed by atoms with Crippen molar-refractivity contribution in [3.63, 3.8) is 0 Å². The number of anilines is 1. The number of halogens is 3. The summed E-state index contributed by atoms with van der Waals surface area (Å²) in [7, 11) is 0. The molecule has 0 aromatic heterocycles. The number of rotatable bonds is 6. The summed E-state index contributed by atoms with van der Waals surface area (Å²) in [5.74, 6) is -1.10. The van der Waals surface area contributed by atoms with Gasteiger partial charge >= 0.3 is 11.8 Å². The van der Waals surface area contributed by atoms with E-state index in [1.807, 2.05) is 13.0 Å². The van der Waals surface area contributed by atoms with E-state index >= 15 is 0 Å². The Bertz CT molecular complexity index is 1180. The zero-order chi connectivity index (χ0) is 23.1. The fraction of sp³-hybridized carbons (Fsp3) is 0.0870. The van der Waals surface area contributed by atoms with Gasteiger partial charge in [-0.1, -0.05) is 57.3 Å². The SMILES string of the molecule is Cc1cc(Br)ccc1NC(=O)C(=O)NN=Cc1cccc(OCc2ccc(Cl)cc2Cl)c1. The molecule has 0 saturated carbocycles. The Morgan fingerprint density at radius 3 is 2.62 bits per heavy atom. The van der Waals surface area contributed by atoms with Crippen LogP contribution in [-0.4, -0.2) is 18.0 Å². The van der Waals surface area contributed by atoms with E-state index in [0.29, 0.717) is 27.0 Å².